The van der Waals surface area contributed by atoms with Crippen LogP contribution in [-0.4, -0.2) is 42.6 Å². The third-order valence-electron chi connectivity index (χ3n) is 6.05. The van der Waals surface area contributed by atoms with Crippen molar-refractivity contribution in [1.29, 1.82) is 0 Å². The van der Waals surface area contributed by atoms with E-state index in [9.17, 15) is 4.79 Å². The molecule has 1 aromatic carbocycles. The first kappa shape index (κ1) is 19.0. The molecular formula is C21H34N4O. The molecule has 0 unspecified atom stereocenters. The maximum atomic E-state index is 12.6. The molecule has 1 fully saturated rings. The van der Waals surface area contributed by atoms with Crippen LogP contribution < -0.4 is 16.0 Å². The van der Waals surface area contributed by atoms with Gasteiger partial charge < -0.3 is 20.9 Å². The highest BCUT2D eigenvalue weighted by Crippen LogP contribution is 2.39. The van der Waals surface area contributed by atoms with Crippen LogP contribution in [0.5, 0.6) is 0 Å². The van der Waals surface area contributed by atoms with Crippen LogP contribution in [0.4, 0.5) is 11.4 Å². The maximum Gasteiger partial charge on any atom is 0.224 e. The lowest BCUT2D eigenvalue weighted by Crippen LogP contribution is -2.51. The third-order valence-corrected chi connectivity index (χ3v) is 6.05. The standard InChI is InChI=1S/C21H34N4O/c1-16(2)21(23-18-11-7-8-12-19(18)24-21)15-20(26)22-13-14-25(3)17-9-5-4-6-10-17/h7-8,11-12,16-17,23-24H,4-6,9-10,13-15H2,1-3H3,(H,22,26). The first-order valence-corrected chi connectivity index (χ1v) is 10.1. The number of carbonyl (C=O) groups is 1. The molecule has 1 aromatic rings. The van der Waals surface area contributed by atoms with Crippen LogP contribution in [0.1, 0.15) is 52.4 Å². The van der Waals surface area contributed by atoms with Crippen LogP contribution in [0.25, 0.3) is 0 Å². The van der Waals surface area contributed by atoms with E-state index in [1.54, 1.807) is 0 Å². The van der Waals surface area contributed by atoms with E-state index >= 15 is 0 Å². The van der Waals surface area contributed by atoms with Gasteiger partial charge in [0.05, 0.1) is 17.8 Å². The zero-order valence-electron chi connectivity index (χ0n) is 16.5. The number of para-hydroxylation sites is 2. The zero-order valence-corrected chi connectivity index (χ0v) is 16.5. The highest BCUT2D eigenvalue weighted by molar-refractivity contribution is 5.83. The molecule has 3 N–H and O–H groups in total. The quantitative estimate of drug-likeness (QED) is 0.696. The molecule has 0 spiro atoms. The predicted molar refractivity (Wildman–Crippen MR) is 108 cm³/mol. The van der Waals surface area contributed by atoms with Crippen molar-refractivity contribution < 1.29 is 4.79 Å². The van der Waals surface area contributed by atoms with E-state index in [0.29, 0.717) is 19.0 Å². The average molecular weight is 359 g/mol. The van der Waals surface area contributed by atoms with Gasteiger partial charge in [0, 0.05) is 19.1 Å². The second kappa shape index (κ2) is 8.30. The molecule has 3 rings (SSSR count). The lowest BCUT2D eigenvalue weighted by Gasteiger charge is -2.35. The van der Waals surface area contributed by atoms with E-state index in [0.717, 1.165) is 17.9 Å². The van der Waals surface area contributed by atoms with Gasteiger partial charge >= 0.3 is 0 Å². The molecule has 1 heterocycles. The van der Waals surface area contributed by atoms with E-state index < -0.39 is 5.66 Å². The minimum Gasteiger partial charge on any atom is -0.361 e. The fourth-order valence-electron chi connectivity index (χ4n) is 4.19. The van der Waals surface area contributed by atoms with Crippen LogP contribution in [0.2, 0.25) is 0 Å². The van der Waals surface area contributed by atoms with E-state index in [-0.39, 0.29) is 11.8 Å². The predicted octanol–water partition coefficient (Wildman–Crippen LogP) is 3.65. The van der Waals surface area contributed by atoms with Gasteiger partial charge in [-0.3, -0.25) is 4.79 Å². The van der Waals surface area contributed by atoms with E-state index in [4.69, 9.17) is 0 Å². The van der Waals surface area contributed by atoms with Gasteiger partial charge in [-0.25, -0.2) is 0 Å². The van der Waals surface area contributed by atoms with Crippen molar-refractivity contribution in [2.45, 2.75) is 64.1 Å². The summed E-state index contributed by atoms with van der Waals surface area (Å²) in [6.07, 6.45) is 7.08. The molecule has 144 valence electrons. The highest BCUT2D eigenvalue weighted by atomic mass is 16.1. The number of likely N-dealkylation sites (N-methyl/N-ethyl adjacent to an activating group) is 1. The van der Waals surface area contributed by atoms with E-state index in [1.807, 2.05) is 12.1 Å². The Balaban J connectivity index is 1.49. The zero-order chi connectivity index (χ0) is 18.6. The number of carbonyl (C=O) groups excluding carboxylic acids is 1. The van der Waals surface area contributed by atoms with Crippen LogP contribution in [-0.2, 0) is 4.79 Å². The number of nitrogens with one attached hydrogen (secondary N) is 3. The molecule has 1 aliphatic heterocycles. The summed E-state index contributed by atoms with van der Waals surface area (Å²) in [4.78, 5) is 15.0. The Labute approximate surface area is 157 Å². The summed E-state index contributed by atoms with van der Waals surface area (Å²) in [6.45, 7) is 5.94. The molecule has 26 heavy (non-hydrogen) atoms. The van der Waals surface area contributed by atoms with Gasteiger partial charge in [-0.05, 0) is 37.9 Å². The van der Waals surface area contributed by atoms with Gasteiger partial charge in [-0.1, -0.05) is 45.2 Å². The minimum atomic E-state index is -0.414. The smallest absolute Gasteiger partial charge is 0.224 e. The molecule has 5 heteroatoms. The SMILES string of the molecule is CC(C)C1(CC(=O)NCCN(C)C2CCCCC2)Nc2ccccc2N1. The molecule has 0 aromatic heterocycles. The second-order valence-corrected chi connectivity index (χ2v) is 8.22. The molecular weight excluding hydrogens is 324 g/mol. The Kier molecular flexibility index (Phi) is 6.07. The van der Waals surface area contributed by atoms with Crippen molar-refractivity contribution in [2.75, 3.05) is 30.8 Å². The monoisotopic (exact) mass is 358 g/mol. The van der Waals surface area contributed by atoms with Crippen LogP contribution in [0.15, 0.2) is 24.3 Å². The normalized spacial score (nSPS) is 19.1. The summed E-state index contributed by atoms with van der Waals surface area (Å²) < 4.78 is 0. The largest absolute Gasteiger partial charge is 0.361 e. The first-order valence-electron chi connectivity index (χ1n) is 10.1. The molecule has 0 radical (unpaired) electrons. The highest BCUT2D eigenvalue weighted by Gasteiger charge is 2.40. The number of rotatable bonds is 7. The van der Waals surface area contributed by atoms with E-state index in [1.165, 1.54) is 32.1 Å². The molecule has 1 amide bonds. The Hall–Kier alpha value is -1.75. The second-order valence-electron chi connectivity index (χ2n) is 8.22. The number of hydrogen-bond donors (Lipinski definition) is 3. The lowest BCUT2D eigenvalue weighted by molar-refractivity contribution is -0.122. The van der Waals surface area contributed by atoms with Crippen LogP contribution >= 0.6 is 0 Å². The Morgan fingerprint density at radius 2 is 1.81 bits per heavy atom. The Morgan fingerprint density at radius 3 is 2.38 bits per heavy atom. The van der Waals surface area contributed by atoms with Gasteiger partial charge in [0.2, 0.25) is 5.91 Å². The Bertz CT molecular complexity index is 585. The van der Waals surface area contributed by atoms with Gasteiger partial charge in [0.15, 0.2) is 0 Å². The van der Waals surface area contributed by atoms with Gasteiger partial charge in [-0.2, -0.15) is 0 Å². The summed E-state index contributed by atoms with van der Waals surface area (Å²) in [5, 5.41) is 10.2. The van der Waals surface area contributed by atoms with Crippen molar-refractivity contribution >= 4 is 17.3 Å². The maximum absolute atomic E-state index is 12.6. The van der Waals surface area contributed by atoms with Crippen molar-refractivity contribution in [2.24, 2.45) is 5.92 Å². The summed E-state index contributed by atoms with van der Waals surface area (Å²) in [5.41, 5.74) is 1.74. The molecule has 1 aliphatic carbocycles. The van der Waals surface area contributed by atoms with Crippen molar-refractivity contribution in [3.63, 3.8) is 0 Å². The summed E-state index contributed by atoms with van der Waals surface area (Å²) >= 11 is 0. The molecule has 5 nitrogen and oxygen atoms in total. The Morgan fingerprint density at radius 1 is 1.19 bits per heavy atom. The third kappa shape index (κ3) is 4.32. The summed E-state index contributed by atoms with van der Waals surface area (Å²) in [5.74, 6) is 0.383. The molecule has 0 atom stereocenters. The average Bonchev–Trinajstić information content (AvgIpc) is 3.01. The minimum absolute atomic E-state index is 0.101. The van der Waals surface area contributed by atoms with Gasteiger partial charge in [-0.15, -0.1) is 0 Å². The van der Waals surface area contributed by atoms with Crippen molar-refractivity contribution in [3.8, 4) is 0 Å². The summed E-state index contributed by atoms with van der Waals surface area (Å²) in [7, 11) is 2.19. The fraction of sp³-hybridized carbons (Fsp3) is 0.667. The van der Waals surface area contributed by atoms with Gasteiger partial charge in [0.25, 0.3) is 0 Å². The lowest BCUT2D eigenvalue weighted by atomic mass is 9.92. The van der Waals surface area contributed by atoms with Crippen LogP contribution in [0.3, 0.4) is 0 Å². The molecule has 2 aliphatic rings. The first-order chi connectivity index (χ1) is 12.5. The van der Waals surface area contributed by atoms with Gasteiger partial charge in [0.1, 0.15) is 5.66 Å². The van der Waals surface area contributed by atoms with Crippen molar-refractivity contribution in [3.05, 3.63) is 24.3 Å². The fourth-order valence-corrected chi connectivity index (χ4v) is 4.19. The van der Waals surface area contributed by atoms with Crippen LogP contribution in [0, 0.1) is 5.92 Å². The van der Waals surface area contributed by atoms with Crippen molar-refractivity contribution in [1.82, 2.24) is 10.2 Å². The molecule has 0 saturated heterocycles. The number of hydrogen-bond acceptors (Lipinski definition) is 4. The molecule has 0 bridgehead atoms. The topological polar surface area (TPSA) is 56.4 Å². The number of benzene rings is 1. The number of nitrogens with zero attached hydrogens (tertiary/aromatic N) is 1. The van der Waals surface area contributed by atoms with E-state index in [2.05, 4.69) is 53.9 Å². The molecule has 1 saturated carbocycles. The number of fused-ring (bicyclic) bond motifs is 1. The summed E-state index contributed by atoms with van der Waals surface area (Å²) in [6, 6.07) is 8.85. The number of amides is 1. The number of anilines is 2.